The van der Waals surface area contributed by atoms with Gasteiger partial charge >= 0.3 is 0 Å². The molecule has 1 aliphatic heterocycles. The lowest BCUT2D eigenvalue weighted by Gasteiger charge is -2.15. The minimum Gasteiger partial charge on any atom is -0.395 e. The molecule has 0 aromatic rings. The Morgan fingerprint density at radius 3 is 2.21 bits per heavy atom. The van der Waals surface area contributed by atoms with E-state index in [2.05, 4.69) is 12.2 Å². The van der Waals surface area contributed by atoms with Crippen LogP contribution in [0.25, 0.3) is 0 Å². The molecule has 0 bridgehead atoms. The van der Waals surface area contributed by atoms with E-state index in [4.69, 9.17) is 9.84 Å². The third-order valence-corrected chi connectivity index (χ3v) is 3.74. The Balaban J connectivity index is 2.01. The maximum absolute atomic E-state index is 9.76. The summed E-state index contributed by atoms with van der Waals surface area (Å²) in [5.74, 6) is 0. The second kappa shape index (κ2) is 9.66. The first-order chi connectivity index (χ1) is 9.20. The molecule has 4 N–H and O–H groups in total. The molecular formula is C14H29NO4. The summed E-state index contributed by atoms with van der Waals surface area (Å²) in [6, 6.07) is -0.732. The van der Waals surface area contributed by atoms with Crippen LogP contribution in [0.1, 0.15) is 45.4 Å². The number of aliphatic hydroxyl groups is 3. The Bertz CT molecular complexity index is 227. The molecule has 0 spiro atoms. The molecule has 0 unspecified atom stereocenters. The number of hydrogen-bond acceptors (Lipinski definition) is 5. The lowest BCUT2D eigenvalue weighted by molar-refractivity contribution is 0.00387. The van der Waals surface area contributed by atoms with Crippen LogP contribution < -0.4 is 5.32 Å². The fourth-order valence-corrected chi connectivity index (χ4v) is 2.45. The SMILES string of the molecule is CCCCCCCCOC[C@@H]1N[C@H](CO)[C@@H](O)[C@@H]1O. The molecule has 5 heteroatoms. The van der Waals surface area contributed by atoms with Gasteiger partial charge in [0.1, 0.15) is 0 Å². The van der Waals surface area contributed by atoms with Crippen molar-refractivity contribution >= 4 is 0 Å². The lowest BCUT2D eigenvalue weighted by Crippen LogP contribution is -2.38. The maximum atomic E-state index is 9.76. The second-order valence-corrected chi connectivity index (χ2v) is 5.39. The molecule has 1 fully saturated rings. The summed E-state index contributed by atoms with van der Waals surface area (Å²) in [7, 11) is 0. The van der Waals surface area contributed by atoms with Crippen LogP contribution in [0.5, 0.6) is 0 Å². The van der Waals surface area contributed by atoms with Crippen molar-refractivity contribution in [3.63, 3.8) is 0 Å². The van der Waals surface area contributed by atoms with E-state index in [0.29, 0.717) is 13.2 Å². The molecular weight excluding hydrogens is 246 g/mol. The van der Waals surface area contributed by atoms with Crippen molar-refractivity contribution in [2.45, 2.75) is 69.7 Å². The van der Waals surface area contributed by atoms with Gasteiger partial charge in [-0.2, -0.15) is 0 Å². The highest BCUT2D eigenvalue weighted by Crippen LogP contribution is 2.14. The van der Waals surface area contributed by atoms with E-state index in [1.165, 1.54) is 32.1 Å². The monoisotopic (exact) mass is 275 g/mol. The molecule has 0 radical (unpaired) electrons. The van der Waals surface area contributed by atoms with Crippen molar-refractivity contribution in [3.8, 4) is 0 Å². The summed E-state index contributed by atoms with van der Waals surface area (Å²) < 4.78 is 5.52. The highest BCUT2D eigenvalue weighted by atomic mass is 16.5. The van der Waals surface area contributed by atoms with Crippen LogP contribution >= 0.6 is 0 Å². The Morgan fingerprint density at radius 2 is 1.58 bits per heavy atom. The molecule has 1 rings (SSSR count). The van der Waals surface area contributed by atoms with Crippen LogP contribution in [0.3, 0.4) is 0 Å². The number of ether oxygens (including phenoxy) is 1. The fraction of sp³-hybridized carbons (Fsp3) is 1.00. The van der Waals surface area contributed by atoms with Crippen LogP contribution in [-0.2, 0) is 4.74 Å². The molecule has 0 aromatic carbocycles. The highest BCUT2D eigenvalue weighted by Gasteiger charge is 2.40. The van der Waals surface area contributed by atoms with E-state index in [1.807, 2.05) is 0 Å². The van der Waals surface area contributed by atoms with Crippen LogP contribution in [0.4, 0.5) is 0 Å². The predicted octanol–water partition coefficient (Wildman–Crippen LogP) is 0.418. The van der Waals surface area contributed by atoms with E-state index in [-0.39, 0.29) is 12.6 Å². The van der Waals surface area contributed by atoms with Gasteiger partial charge < -0.3 is 25.4 Å². The van der Waals surface area contributed by atoms with Crippen molar-refractivity contribution in [2.75, 3.05) is 19.8 Å². The van der Waals surface area contributed by atoms with Crippen molar-refractivity contribution in [3.05, 3.63) is 0 Å². The van der Waals surface area contributed by atoms with Gasteiger partial charge in [-0.1, -0.05) is 39.0 Å². The van der Waals surface area contributed by atoms with Crippen molar-refractivity contribution < 1.29 is 20.1 Å². The third kappa shape index (κ3) is 5.75. The van der Waals surface area contributed by atoms with Gasteiger partial charge in [-0.15, -0.1) is 0 Å². The number of hydrogen-bond donors (Lipinski definition) is 4. The minimum atomic E-state index is -0.910. The number of rotatable bonds is 10. The second-order valence-electron chi connectivity index (χ2n) is 5.39. The predicted molar refractivity (Wildman–Crippen MR) is 74.0 cm³/mol. The van der Waals surface area contributed by atoms with E-state index in [1.54, 1.807) is 0 Å². The molecule has 0 aliphatic carbocycles. The topological polar surface area (TPSA) is 82.0 Å². The molecule has 1 saturated heterocycles. The Morgan fingerprint density at radius 1 is 0.947 bits per heavy atom. The molecule has 19 heavy (non-hydrogen) atoms. The summed E-state index contributed by atoms with van der Waals surface area (Å²) in [6.07, 6.45) is 5.57. The summed E-state index contributed by atoms with van der Waals surface area (Å²) >= 11 is 0. The quantitative estimate of drug-likeness (QED) is 0.434. The summed E-state index contributed by atoms with van der Waals surface area (Å²) in [5.41, 5.74) is 0. The van der Waals surface area contributed by atoms with Gasteiger partial charge in [-0.25, -0.2) is 0 Å². The third-order valence-electron chi connectivity index (χ3n) is 3.74. The zero-order valence-corrected chi connectivity index (χ0v) is 11.9. The average molecular weight is 275 g/mol. The normalized spacial score (nSPS) is 30.9. The molecule has 0 amide bonds. The standard InChI is InChI=1S/C14H29NO4/c1-2-3-4-5-6-7-8-19-10-12-14(18)13(17)11(9-16)15-12/h11-18H,2-10H2,1H3/t11-,12+,13-,14-/m1/s1. The first-order valence-electron chi connectivity index (χ1n) is 7.51. The largest absolute Gasteiger partial charge is 0.395 e. The first kappa shape index (κ1) is 16.9. The van der Waals surface area contributed by atoms with Gasteiger partial charge in [-0.3, -0.25) is 0 Å². The summed E-state index contributed by atoms with van der Waals surface area (Å²) in [4.78, 5) is 0. The van der Waals surface area contributed by atoms with Crippen LogP contribution in [0.15, 0.2) is 0 Å². The molecule has 4 atom stereocenters. The van der Waals surface area contributed by atoms with Crippen molar-refractivity contribution in [1.82, 2.24) is 5.32 Å². The van der Waals surface area contributed by atoms with Crippen molar-refractivity contribution in [2.24, 2.45) is 0 Å². The minimum absolute atomic E-state index is 0.174. The van der Waals surface area contributed by atoms with Gasteiger partial charge in [0.15, 0.2) is 0 Å². The molecule has 114 valence electrons. The van der Waals surface area contributed by atoms with Gasteiger partial charge in [0.2, 0.25) is 0 Å². The van der Waals surface area contributed by atoms with Gasteiger partial charge in [0.05, 0.1) is 37.5 Å². The Labute approximate surface area is 116 Å². The summed E-state index contributed by atoms with van der Waals surface area (Å²) in [5, 5.41) is 31.4. The Hall–Kier alpha value is -0.200. The zero-order chi connectivity index (χ0) is 14.1. The molecule has 1 heterocycles. The highest BCUT2D eigenvalue weighted by molar-refractivity contribution is 4.97. The first-order valence-corrected chi connectivity index (χ1v) is 7.51. The number of unbranched alkanes of at least 4 members (excludes halogenated alkanes) is 5. The smallest absolute Gasteiger partial charge is 0.0990 e. The van der Waals surface area contributed by atoms with Gasteiger partial charge in [0.25, 0.3) is 0 Å². The van der Waals surface area contributed by atoms with E-state index in [0.717, 1.165) is 6.42 Å². The molecule has 5 nitrogen and oxygen atoms in total. The van der Waals surface area contributed by atoms with Gasteiger partial charge in [0, 0.05) is 6.61 Å². The fourth-order valence-electron chi connectivity index (χ4n) is 2.45. The Kier molecular flexibility index (Phi) is 8.57. The van der Waals surface area contributed by atoms with Crippen LogP contribution in [-0.4, -0.2) is 59.4 Å². The van der Waals surface area contributed by atoms with E-state index >= 15 is 0 Å². The lowest BCUT2D eigenvalue weighted by atomic mass is 10.1. The zero-order valence-electron chi connectivity index (χ0n) is 11.9. The van der Waals surface area contributed by atoms with Crippen molar-refractivity contribution in [1.29, 1.82) is 0 Å². The number of nitrogens with one attached hydrogen (secondary N) is 1. The maximum Gasteiger partial charge on any atom is 0.0990 e. The van der Waals surface area contributed by atoms with Crippen LogP contribution in [0, 0.1) is 0 Å². The average Bonchev–Trinajstić information content (AvgIpc) is 2.69. The molecule has 0 aromatic heterocycles. The molecule has 0 saturated carbocycles. The number of aliphatic hydroxyl groups excluding tert-OH is 3. The molecule has 1 aliphatic rings. The summed E-state index contributed by atoms with van der Waals surface area (Å²) in [6.45, 7) is 3.10. The van der Waals surface area contributed by atoms with Gasteiger partial charge in [-0.05, 0) is 6.42 Å². The van der Waals surface area contributed by atoms with E-state index < -0.39 is 18.2 Å². The van der Waals surface area contributed by atoms with E-state index in [9.17, 15) is 10.2 Å². The van der Waals surface area contributed by atoms with Crippen LogP contribution in [0.2, 0.25) is 0 Å².